The van der Waals surface area contributed by atoms with E-state index >= 15 is 0 Å². The molecule has 5 nitrogen and oxygen atoms in total. The molecule has 0 spiro atoms. The van der Waals surface area contributed by atoms with Gasteiger partial charge >= 0.3 is 0 Å². The van der Waals surface area contributed by atoms with E-state index in [0.29, 0.717) is 17.4 Å². The molecule has 0 unspecified atom stereocenters. The van der Waals surface area contributed by atoms with Crippen molar-refractivity contribution >= 4 is 17.4 Å². The minimum atomic E-state index is -0.258. The van der Waals surface area contributed by atoms with Gasteiger partial charge in [-0.3, -0.25) is 4.79 Å². The first-order valence-corrected chi connectivity index (χ1v) is 9.13. The van der Waals surface area contributed by atoms with Gasteiger partial charge in [-0.05, 0) is 29.5 Å². The monoisotopic (exact) mass is 360 g/mol. The van der Waals surface area contributed by atoms with E-state index < -0.39 is 0 Å². The van der Waals surface area contributed by atoms with Gasteiger partial charge in [-0.25, -0.2) is 9.97 Å². The highest BCUT2D eigenvalue weighted by Crippen LogP contribution is 2.24. The van der Waals surface area contributed by atoms with Crippen molar-refractivity contribution in [3.05, 3.63) is 83.8 Å². The summed E-state index contributed by atoms with van der Waals surface area (Å²) in [6, 6.07) is 18.1. The summed E-state index contributed by atoms with van der Waals surface area (Å²) in [5, 5.41) is 6.16. The van der Waals surface area contributed by atoms with Crippen molar-refractivity contribution in [3.63, 3.8) is 0 Å². The van der Waals surface area contributed by atoms with Gasteiger partial charge in [-0.1, -0.05) is 62.4 Å². The van der Waals surface area contributed by atoms with Gasteiger partial charge in [0.2, 0.25) is 0 Å². The molecular formula is C22H24N4O. The minimum Gasteiger partial charge on any atom is -0.368 e. The Morgan fingerprint density at radius 2 is 1.70 bits per heavy atom. The lowest BCUT2D eigenvalue weighted by atomic mass is 10.0. The van der Waals surface area contributed by atoms with Crippen molar-refractivity contribution in [2.24, 2.45) is 0 Å². The molecule has 0 bridgehead atoms. The van der Waals surface area contributed by atoms with Gasteiger partial charge in [-0.2, -0.15) is 0 Å². The van der Waals surface area contributed by atoms with Crippen molar-refractivity contribution < 1.29 is 4.79 Å². The number of para-hydroxylation sites is 1. The zero-order chi connectivity index (χ0) is 19.1. The van der Waals surface area contributed by atoms with Crippen molar-refractivity contribution in [2.75, 3.05) is 17.2 Å². The van der Waals surface area contributed by atoms with Crippen LogP contribution in [0.2, 0.25) is 0 Å². The van der Waals surface area contributed by atoms with Gasteiger partial charge in [-0.15, -0.1) is 0 Å². The topological polar surface area (TPSA) is 66.9 Å². The van der Waals surface area contributed by atoms with Gasteiger partial charge < -0.3 is 10.6 Å². The fraction of sp³-hybridized carbons (Fsp3) is 0.227. The van der Waals surface area contributed by atoms with Crippen LogP contribution in [0.4, 0.5) is 11.5 Å². The maximum Gasteiger partial charge on any atom is 0.275 e. The molecule has 3 aromatic rings. The highest BCUT2D eigenvalue weighted by atomic mass is 16.1. The van der Waals surface area contributed by atoms with Crippen LogP contribution in [0.15, 0.2) is 67.0 Å². The van der Waals surface area contributed by atoms with Crippen LogP contribution in [0.1, 0.15) is 41.4 Å². The van der Waals surface area contributed by atoms with Gasteiger partial charge in [0.05, 0.1) is 12.4 Å². The maximum atomic E-state index is 12.5. The summed E-state index contributed by atoms with van der Waals surface area (Å²) in [4.78, 5) is 21.0. The Morgan fingerprint density at radius 3 is 2.41 bits per heavy atom. The SMILES string of the molecule is CC(C)c1ccccc1NC(=O)c1cnc(NCCc2ccccc2)cn1. The van der Waals surface area contributed by atoms with E-state index in [-0.39, 0.29) is 5.91 Å². The molecule has 0 aliphatic carbocycles. The lowest BCUT2D eigenvalue weighted by molar-refractivity contribution is 0.102. The molecule has 0 aliphatic heterocycles. The summed E-state index contributed by atoms with van der Waals surface area (Å²) in [7, 11) is 0. The summed E-state index contributed by atoms with van der Waals surface area (Å²) in [5.74, 6) is 0.722. The first-order valence-electron chi connectivity index (χ1n) is 9.13. The molecule has 2 N–H and O–H groups in total. The first-order chi connectivity index (χ1) is 13.1. The summed E-state index contributed by atoms with van der Waals surface area (Å²) in [6.07, 6.45) is 3.99. The Morgan fingerprint density at radius 1 is 0.963 bits per heavy atom. The van der Waals surface area contributed by atoms with Crippen LogP contribution in [-0.2, 0) is 6.42 Å². The maximum absolute atomic E-state index is 12.5. The van der Waals surface area contributed by atoms with Crippen LogP contribution in [0.5, 0.6) is 0 Å². The quantitative estimate of drug-likeness (QED) is 0.651. The third-order valence-electron chi connectivity index (χ3n) is 4.28. The molecule has 5 heteroatoms. The van der Waals surface area contributed by atoms with E-state index in [9.17, 15) is 4.79 Å². The van der Waals surface area contributed by atoms with E-state index in [4.69, 9.17) is 0 Å². The van der Waals surface area contributed by atoms with E-state index in [1.807, 2.05) is 42.5 Å². The molecule has 0 fully saturated rings. The van der Waals surface area contributed by atoms with Crippen molar-refractivity contribution in [2.45, 2.75) is 26.2 Å². The second-order valence-corrected chi connectivity index (χ2v) is 6.65. The first kappa shape index (κ1) is 18.6. The zero-order valence-electron chi connectivity index (χ0n) is 15.6. The summed E-state index contributed by atoms with van der Waals surface area (Å²) >= 11 is 0. The number of carbonyl (C=O) groups excluding carboxylic acids is 1. The summed E-state index contributed by atoms with van der Waals surface area (Å²) < 4.78 is 0. The molecule has 0 saturated heterocycles. The Balaban J connectivity index is 1.57. The molecule has 1 amide bonds. The zero-order valence-corrected chi connectivity index (χ0v) is 15.6. The largest absolute Gasteiger partial charge is 0.368 e. The molecule has 0 atom stereocenters. The number of amides is 1. The Bertz CT molecular complexity index is 876. The van der Waals surface area contributed by atoms with Crippen LogP contribution >= 0.6 is 0 Å². The van der Waals surface area contributed by atoms with Gasteiger partial charge in [0.25, 0.3) is 5.91 Å². The number of hydrogen-bond donors (Lipinski definition) is 2. The Hall–Kier alpha value is -3.21. The molecule has 0 saturated carbocycles. The normalized spacial score (nSPS) is 10.6. The number of carbonyl (C=O) groups is 1. The number of nitrogens with zero attached hydrogens (tertiary/aromatic N) is 2. The van der Waals surface area contributed by atoms with Gasteiger partial charge in [0.15, 0.2) is 0 Å². The summed E-state index contributed by atoms with van der Waals surface area (Å²) in [5.41, 5.74) is 3.46. The molecule has 3 rings (SSSR count). The highest BCUT2D eigenvalue weighted by Gasteiger charge is 2.12. The molecular weight excluding hydrogens is 336 g/mol. The molecule has 1 heterocycles. The minimum absolute atomic E-state index is 0.258. The molecule has 1 aromatic heterocycles. The molecule has 0 radical (unpaired) electrons. The number of nitrogens with one attached hydrogen (secondary N) is 2. The van der Waals surface area contributed by atoms with E-state index in [1.54, 1.807) is 6.20 Å². The molecule has 27 heavy (non-hydrogen) atoms. The number of anilines is 2. The van der Waals surface area contributed by atoms with E-state index in [1.165, 1.54) is 11.8 Å². The third kappa shape index (κ3) is 5.14. The van der Waals surface area contributed by atoms with Gasteiger partial charge in [0.1, 0.15) is 11.5 Å². The van der Waals surface area contributed by atoms with Crippen molar-refractivity contribution in [3.8, 4) is 0 Å². The van der Waals surface area contributed by atoms with Gasteiger partial charge in [0, 0.05) is 12.2 Å². The van der Waals surface area contributed by atoms with Crippen LogP contribution in [0.25, 0.3) is 0 Å². The lowest BCUT2D eigenvalue weighted by Crippen LogP contribution is -2.16. The van der Waals surface area contributed by atoms with E-state index in [0.717, 1.165) is 24.2 Å². The van der Waals surface area contributed by atoms with Crippen LogP contribution in [0, 0.1) is 0 Å². The number of rotatable bonds is 7. The fourth-order valence-corrected chi connectivity index (χ4v) is 2.82. The Kier molecular flexibility index (Phi) is 6.15. The van der Waals surface area contributed by atoms with Crippen LogP contribution < -0.4 is 10.6 Å². The third-order valence-corrected chi connectivity index (χ3v) is 4.28. The molecule has 138 valence electrons. The average molecular weight is 360 g/mol. The number of aromatic nitrogens is 2. The van der Waals surface area contributed by atoms with Crippen LogP contribution in [0.3, 0.4) is 0 Å². The highest BCUT2D eigenvalue weighted by molar-refractivity contribution is 6.03. The summed E-state index contributed by atoms with van der Waals surface area (Å²) in [6.45, 7) is 4.95. The molecule has 0 aliphatic rings. The smallest absolute Gasteiger partial charge is 0.275 e. The second-order valence-electron chi connectivity index (χ2n) is 6.65. The number of benzene rings is 2. The van der Waals surface area contributed by atoms with Crippen molar-refractivity contribution in [1.29, 1.82) is 0 Å². The average Bonchev–Trinajstić information content (AvgIpc) is 2.69. The van der Waals surface area contributed by atoms with E-state index in [2.05, 4.69) is 46.6 Å². The van der Waals surface area contributed by atoms with Crippen LogP contribution in [-0.4, -0.2) is 22.4 Å². The number of hydrogen-bond acceptors (Lipinski definition) is 4. The van der Waals surface area contributed by atoms with Crippen molar-refractivity contribution in [1.82, 2.24) is 9.97 Å². The predicted molar refractivity (Wildman–Crippen MR) is 109 cm³/mol. The lowest BCUT2D eigenvalue weighted by Gasteiger charge is -2.13. The second kappa shape index (κ2) is 8.94. The predicted octanol–water partition coefficient (Wildman–Crippen LogP) is 4.51. The standard InChI is InChI=1S/C22H24N4O/c1-16(2)18-10-6-7-11-19(18)26-22(27)20-14-25-21(15-24-20)23-13-12-17-8-4-3-5-9-17/h3-11,14-16H,12-13H2,1-2H3,(H,23,25)(H,26,27). The molecule has 2 aromatic carbocycles. The Labute approximate surface area is 159 Å². The fourth-order valence-electron chi connectivity index (χ4n) is 2.82.